The molecule has 0 fully saturated rings. The molecule has 3 nitrogen and oxygen atoms in total. The van der Waals surface area contributed by atoms with E-state index >= 15 is 0 Å². The molecular formula is C9H19NO2. The van der Waals surface area contributed by atoms with Gasteiger partial charge in [0, 0.05) is 12.0 Å². The fourth-order valence-electron chi connectivity index (χ4n) is 0.732. The molecule has 0 aromatic rings. The largest absolute Gasteiger partial charge is 0.395 e. The van der Waals surface area contributed by atoms with E-state index < -0.39 is 0 Å². The molecule has 0 saturated heterocycles. The Hall–Kier alpha value is -0.410. The molecule has 0 aliphatic carbocycles. The van der Waals surface area contributed by atoms with Crippen molar-refractivity contribution in [3.63, 3.8) is 0 Å². The molecule has 0 aromatic carbocycles. The molecular weight excluding hydrogens is 154 g/mol. The van der Waals surface area contributed by atoms with Crippen LogP contribution in [0.3, 0.4) is 0 Å². The lowest BCUT2D eigenvalue weighted by molar-refractivity contribution is -0.127. The summed E-state index contributed by atoms with van der Waals surface area (Å²) in [6.07, 6.45) is 0. The van der Waals surface area contributed by atoms with Gasteiger partial charge in [0.25, 0.3) is 0 Å². The number of nitrogens with zero attached hydrogens (tertiary/aromatic N) is 1. The Morgan fingerprint density at radius 2 is 1.92 bits per heavy atom. The molecule has 0 spiro atoms. The van der Waals surface area contributed by atoms with Gasteiger partial charge in [0.15, 0.2) is 5.78 Å². The van der Waals surface area contributed by atoms with Crippen LogP contribution >= 0.6 is 0 Å². The van der Waals surface area contributed by atoms with Crippen molar-refractivity contribution in [1.82, 2.24) is 4.90 Å². The van der Waals surface area contributed by atoms with Crippen molar-refractivity contribution in [1.29, 1.82) is 0 Å². The number of carbonyl (C=O) groups is 1. The zero-order valence-electron chi connectivity index (χ0n) is 8.42. The Morgan fingerprint density at radius 3 is 2.25 bits per heavy atom. The molecule has 0 unspecified atom stereocenters. The fourth-order valence-corrected chi connectivity index (χ4v) is 0.732. The molecule has 0 rings (SSSR count). The van der Waals surface area contributed by atoms with Crippen molar-refractivity contribution < 1.29 is 9.90 Å². The number of rotatable bonds is 4. The van der Waals surface area contributed by atoms with Crippen molar-refractivity contribution in [2.75, 3.05) is 26.7 Å². The van der Waals surface area contributed by atoms with Gasteiger partial charge < -0.3 is 5.11 Å². The topological polar surface area (TPSA) is 40.5 Å². The summed E-state index contributed by atoms with van der Waals surface area (Å²) < 4.78 is 0. The van der Waals surface area contributed by atoms with E-state index in [-0.39, 0.29) is 17.8 Å². The maximum absolute atomic E-state index is 11.4. The third kappa shape index (κ3) is 4.46. The first-order valence-electron chi connectivity index (χ1n) is 4.20. The van der Waals surface area contributed by atoms with Crippen LogP contribution in [0, 0.1) is 5.41 Å². The first-order chi connectivity index (χ1) is 5.38. The minimum atomic E-state index is -0.274. The zero-order chi connectivity index (χ0) is 9.78. The van der Waals surface area contributed by atoms with Gasteiger partial charge in [-0.15, -0.1) is 0 Å². The smallest absolute Gasteiger partial charge is 0.152 e. The van der Waals surface area contributed by atoms with Crippen LogP contribution in [-0.4, -0.2) is 42.5 Å². The number of aliphatic hydroxyl groups excluding tert-OH is 1. The fraction of sp³-hybridized carbons (Fsp3) is 0.889. The summed E-state index contributed by atoms with van der Waals surface area (Å²) in [5, 5.41) is 8.60. The molecule has 0 atom stereocenters. The lowest BCUT2D eigenvalue weighted by atomic mass is 9.90. The molecule has 0 bridgehead atoms. The maximum atomic E-state index is 11.4. The Bertz CT molecular complexity index is 149. The second-order valence-electron chi connectivity index (χ2n) is 4.13. The van der Waals surface area contributed by atoms with E-state index in [1.54, 1.807) is 0 Å². The van der Waals surface area contributed by atoms with Gasteiger partial charge >= 0.3 is 0 Å². The normalized spacial score (nSPS) is 12.2. The van der Waals surface area contributed by atoms with E-state index in [2.05, 4.69) is 0 Å². The first-order valence-corrected chi connectivity index (χ1v) is 4.20. The van der Waals surface area contributed by atoms with E-state index in [0.717, 1.165) is 0 Å². The molecule has 1 N–H and O–H groups in total. The van der Waals surface area contributed by atoms with Crippen LogP contribution in [0.25, 0.3) is 0 Å². The summed E-state index contributed by atoms with van der Waals surface area (Å²) in [5.74, 6) is 0.207. The third-order valence-corrected chi connectivity index (χ3v) is 1.73. The second kappa shape index (κ2) is 4.58. The maximum Gasteiger partial charge on any atom is 0.152 e. The van der Waals surface area contributed by atoms with E-state index in [1.165, 1.54) is 0 Å². The highest BCUT2D eigenvalue weighted by Gasteiger charge is 2.21. The average Bonchev–Trinajstić information content (AvgIpc) is 1.85. The van der Waals surface area contributed by atoms with Gasteiger partial charge in [-0.1, -0.05) is 20.8 Å². The minimum Gasteiger partial charge on any atom is -0.395 e. The molecule has 72 valence electrons. The van der Waals surface area contributed by atoms with E-state index in [4.69, 9.17) is 5.11 Å². The number of ketones is 1. The number of likely N-dealkylation sites (N-methyl/N-ethyl adjacent to an activating group) is 1. The lowest BCUT2D eigenvalue weighted by Gasteiger charge is -2.21. The summed E-state index contributed by atoms with van der Waals surface area (Å²) in [6.45, 7) is 6.80. The van der Waals surface area contributed by atoms with Gasteiger partial charge in [-0.3, -0.25) is 9.69 Å². The Labute approximate surface area is 74.4 Å². The molecule has 0 amide bonds. The van der Waals surface area contributed by atoms with Gasteiger partial charge in [-0.2, -0.15) is 0 Å². The van der Waals surface area contributed by atoms with Crippen molar-refractivity contribution >= 4 is 5.78 Å². The van der Waals surface area contributed by atoms with Crippen LogP contribution in [0.2, 0.25) is 0 Å². The monoisotopic (exact) mass is 173 g/mol. The third-order valence-electron chi connectivity index (χ3n) is 1.73. The number of hydrogen-bond donors (Lipinski definition) is 1. The standard InChI is InChI=1S/C9H19NO2/c1-9(2,3)8(12)7-10(4)5-6-11/h11H,5-7H2,1-4H3. The molecule has 0 aliphatic rings. The van der Waals surface area contributed by atoms with Gasteiger partial charge in [0.1, 0.15) is 0 Å². The highest BCUT2D eigenvalue weighted by atomic mass is 16.3. The average molecular weight is 173 g/mol. The molecule has 0 radical (unpaired) electrons. The van der Waals surface area contributed by atoms with Crippen LogP contribution in [0.15, 0.2) is 0 Å². The van der Waals surface area contributed by atoms with Crippen molar-refractivity contribution in [2.24, 2.45) is 5.41 Å². The lowest BCUT2D eigenvalue weighted by Crippen LogP contribution is -2.34. The number of aliphatic hydroxyl groups is 1. The van der Waals surface area contributed by atoms with Gasteiger partial charge in [0.2, 0.25) is 0 Å². The van der Waals surface area contributed by atoms with E-state index in [9.17, 15) is 4.79 Å². The predicted octanol–water partition coefficient (Wildman–Crippen LogP) is 0.526. The Balaban J connectivity index is 3.85. The van der Waals surface area contributed by atoms with Crippen LogP contribution in [0.5, 0.6) is 0 Å². The summed E-state index contributed by atoms with van der Waals surface area (Å²) in [5.41, 5.74) is -0.274. The Kier molecular flexibility index (Phi) is 4.42. The highest BCUT2D eigenvalue weighted by Crippen LogP contribution is 2.14. The number of Topliss-reactive ketones (excluding diaryl/α,β-unsaturated/α-hetero) is 1. The number of hydrogen-bond acceptors (Lipinski definition) is 3. The van der Waals surface area contributed by atoms with Gasteiger partial charge in [-0.05, 0) is 7.05 Å². The van der Waals surface area contributed by atoms with Gasteiger partial charge in [0.05, 0.1) is 13.2 Å². The minimum absolute atomic E-state index is 0.105. The summed E-state index contributed by atoms with van der Waals surface area (Å²) in [4.78, 5) is 13.3. The highest BCUT2D eigenvalue weighted by molar-refractivity contribution is 5.85. The van der Waals surface area contributed by atoms with Crippen molar-refractivity contribution in [3.05, 3.63) is 0 Å². The van der Waals surface area contributed by atoms with Crippen LogP contribution in [0.4, 0.5) is 0 Å². The van der Waals surface area contributed by atoms with Gasteiger partial charge in [-0.25, -0.2) is 0 Å². The molecule has 3 heteroatoms. The number of carbonyl (C=O) groups excluding carboxylic acids is 1. The molecule has 12 heavy (non-hydrogen) atoms. The van der Waals surface area contributed by atoms with Crippen LogP contribution in [-0.2, 0) is 4.79 Å². The molecule has 0 saturated carbocycles. The predicted molar refractivity (Wildman–Crippen MR) is 49.0 cm³/mol. The molecule has 0 aromatic heterocycles. The first kappa shape index (κ1) is 11.6. The SMILES string of the molecule is CN(CCO)CC(=O)C(C)(C)C. The molecule has 0 heterocycles. The summed E-state index contributed by atoms with van der Waals surface area (Å²) in [7, 11) is 1.83. The van der Waals surface area contributed by atoms with Crippen LogP contribution < -0.4 is 0 Å². The quantitative estimate of drug-likeness (QED) is 0.674. The zero-order valence-corrected chi connectivity index (χ0v) is 8.42. The van der Waals surface area contributed by atoms with Crippen molar-refractivity contribution in [2.45, 2.75) is 20.8 Å². The summed E-state index contributed by atoms with van der Waals surface area (Å²) >= 11 is 0. The van der Waals surface area contributed by atoms with E-state index in [1.807, 2.05) is 32.7 Å². The van der Waals surface area contributed by atoms with Crippen molar-refractivity contribution in [3.8, 4) is 0 Å². The van der Waals surface area contributed by atoms with Crippen LogP contribution in [0.1, 0.15) is 20.8 Å². The van der Waals surface area contributed by atoms with E-state index in [0.29, 0.717) is 13.1 Å². The summed E-state index contributed by atoms with van der Waals surface area (Å²) in [6, 6.07) is 0. The molecule has 0 aliphatic heterocycles. The Morgan fingerprint density at radius 1 is 1.42 bits per heavy atom. The second-order valence-corrected chi connectivity index (χ2v) is 4.13.